The molecule has 0 fully saturated rings. The fourth-order valence-corrected chi connectivity index (χ4v) is 0.642. The summed E-state index contributed by atoms with van der Waals surface area (Å²) in [5, 5.41) is 0. The molecule has 0 aliphatic rings. The molecule has 76 valence electrons. The van der Waals surface area contributed by atoms with E-state index in [1.807, 2.05) is 60.7 Å². The molecule has 0 radical (unpaired) electrons. The van der Waals surface area contributed by atoms with Crippen LogP contribution < -0.4 is 37.2 Å². The van der Waals surface area contributed by atoms with Crippen molar-refractivity contribution in [1.82, 2.24) is 0 Å². The van der Waals surface area contributed by atoms with Gasteiger partial charge in [0.2, 0.25) is 0 Å². The predicted molar refractivity (Wildman–Crippen MR) is 44.1 cm³/mol. The van der Waals surface area contributed by atoms with E-state index in [1.165, 1.54) is 0 Å². The van der Waals surface area contributed by atoms with Gasteiger partial charge < -0.3 is 37.2 Å². The third kappa shape index (κ3) is 14.8. The van der Waals surface area contributed by atoms with Crippen LogP contribution in [0.4, 0.5) is 0 Å². The van der Waals surface area contributed by atoms with Gasteiger partial charge in [-0.1, -0.05) is 0 Å². The van der Waals surface area contributed by atoms with E-state index in [0.29, 0.717) is 0 Å². The first-order valence-electron chi connectivity index (χ1n) is 3.33. The van der Waals surface area contributed by atoms with Gasteiger partial charge in [0.25, 0.3) is 0 Å². The van der Waals surface area contributed by atoms with Crippen molar-refractivity contribution < 1.29 is 59.6 Å². The van der Waals surface area contributed by atoms with Gasteiger partial charge in [0.05, 0.1) is 0 Å². The van der Waals surface area contributed by atoms with Crippen LogP contribution in [0.15, 0.2) is 60.7 Å². The van der Waals surface area contributed by atoms with Crippen LogP contribution in [0.1, 0.15) is 0 Å². The van der Waals surface area contributed by atoms with Gasteiger partial charge in [-0.15, -0.1) is 0 Å². The van der Waals surface area contributed by atoms with E-state index in [4.69, 9.17) is 0 Å². The van der Waals surface area contributed by atoms with E-state index in [-0.39, 0.29) is 59.6 Å². The normalized spacial score (nSPS) is 5.71. The minimum Gasteiger partial charge on any atom is -1.00 e. The van der Waals surface area contributed by atoms with Crippen LogP contribution in [0.2, 0.25) is 0 Å². The summed E-state index contributed by atoms with van der Waals surface area (Å²) in [6.07, 6.45) is 0. The van der Waals surface area contributed by atoms with E-state index in [0.717, 1.165) is 0 Å². The van der Waals surface area contributed by atoms with Crippen molar-refractivity contribution in [1.29, 1.82) is 0 Å². The second-order valence-electron chi connectivity index (χ2n) is 1.92. The molecule has 4 heteroatoms. The topological polar surface area (TPSA) is 0 Å². The quantitative estimate of drug-likeness (QED) is 0.333. The molecule has 0 N–H and O–H groups in total. The second kappa shape index (κ2) is 19.0. The monoisotopic (exact) mass is 328 g/mol. The molecule has 2 rings (SSSR count). The van der Waals surface area contributed by atoms with Gasteiger partial charge >= 0.3 is 22.4 Å². The molecule has 0 aromatic heterocycles. The number of rotatable bonds is 0. The molecule has 0 unspecified atom stereocenters. The van der Waals surface area contributed by atoms with E-state index in [9.17, 15) is 0 Å². The molecule has 0 saturated heterocycles. The summed E-state index contributed by atoms with van der Waals surface area (Å²) in [4.78, 5) is 0. The first-order valence-corrected chi connectivity index (χ1v) is 3.33. The summed E-state index contributed by atoms with van der Waals surface area (Å²) in [6, 6.07) is 20.0. The maximum absolute atomic E-state index is 2.00. The first-order chi connectivity index (χ1) is 5.00. The van der Waals surface area contributed by atoms with Gasteiger partial charge in [0, 0.05) is 0 Å². The van der Waals surface area contributed by atoms with E-state index < -0.39 is 0 Å². The molecule has 2 aromatic carbocycles. The molecule has 0 spiro atoms. The molecule has 0 saturated carbocycles. The van der Waals surface area contributed by atoms with E-state index >= 15 is 0 Å². The molecule has 14 heavy (non-hydrogen) atoms. The summed E-state index contributed by atoms with van der Waals surface area (Å²) in [5.74, 6) is 0. The van der Waals surface area contributed by atoms with Crippen LogP contribution in [0.25, 0.3) is 0 Å². The molecular formula is C10H10Cl3Nb. The van der Waals surface area contributed by atoms with Crippen molar-refractivity contribution in [2.24, 2.45) is 0 Å². The van der Waals surface area contributed by atoms with Crippen molar-refractivity contribution in [3.05, 3.63) is 60.7 Å². The zero-order valence-electron chi connectivity index (χ0n) is 7.35. The SMILES string of the molecule is [Cl-].[Cl-].[Cl-].[Nb+5].c1cc[cH-]c1.c1cc[cH-]c1. The Morgan fingerprint density at radius 1 is 0.500 bits per heavy atom. The Morgan fingerprint density at radius 3 is 0.786 bits per heavy atom. The Balaban J connectivity index is -0.0000000556. The number of halogens is 3. The smallest absolute Gasteiger partial charge is 1.00 e. The average molecular weight is 329 g/mol. The molecule has 0 nitrogen and oxygen atoms in total. The second-order valence-corrected chi connectivity index (χ2v) is 1.92. The van der Waals surface area contributed by atoms with Crippen molar-refractivity contribution in [3.63, 3.8) is 0 Å². The Kier molecular flexibility index (Phi) is 32.3. The van der Waals surface area contributed by atoms with Gasteiger partial charge in [0.15, 0.2) is 0 Å². The maximum Gasteiger partial charge on any atom is 5.00 e. The third-order valence-electron chi connectivity index (χ3n) is 1.11. The van der Waals surface area contributed by atoms with Gasteiger partial charge in [-0.2, -0.15) is 36.4 Å². The summed E-state index contributed by atoms with van der Waals surface area (Å²) in [7, 11) is 0. The van der Waals surface area contributed by atoms with Crippen LogP contribution in [-0.4, -0.2) is 0 Å². The Bertz CT molecular complexity index is 155. The van der Waals surface area contributed by atoms with Crippen LogP contribution in [0, 0.1) is 0 Å². The van der Waals surface area contributed by atoms with Crippen LogP contribution in [-0.2, 0) is 22.4 Å². The standard InChI is InChI=1S/2C5H5.3ClH.Nb/c2*1-2-4-5-3-1;;;;/h2*1-5H;3*1H;/q2*-1;;;;+5/p-3. The maximum atomic E-state index is 2.00. The molecule has 0 amide bonds. The zero-order chi connectivity index (χ0) is 7.07. The largest absolute Gasteiger partial charge is 5.00 e. The van der Waals surface area contributed by atoms with Gasteiger partial charge in [-0.3, -0.25) is 0 Å². The Labute approximate surface area is 120 Å². The summed E-state index contributed by atoms with van der Waals surface area (Å²) in [6.45, 7) is 0. The minimum absolute atomic E-state index is 0. The molecule has 0 heterocycles. The summed E-state index contributed by atoms with van der Waals surface area (Å²) < 4.78 is 0. The molecule has 0 aliphatic heterocycles. The number of hydrogen-bond acceptors (Lipinski definition) is 0. The average Bonchev–Trinajstić information content (AvgIpc) is 2.67. The number of hydrogen-bond donors (Lipinski definition) is 0. The van der Waals surface area contributed by atoms with Gasteiger partial charge in [0.1, 0.15) is 0 Å². The van der Waals surface area contributed by atoms with Crippen molar-refractivity contribution in [2.75, 3.05) is 0 Å². The van der Waals surface area contributed by atoms with Crippen molar-refractivity contribution in [3.8, 4) is 0 Å². The van der Waals surface area contributed by atoms with Crippen LogP contribution in [0.3, 0.4) is 0 Å². The van der Waals surface area contributed by atoms with E-state index in [1.54, 1.807) is 0 Å². The molecular weight excluding hydrogens is 319 g/mol. The summed E-state index contributed by atoms with van der Waals surface area (Å²) >= 11 is 0. The fraction of sp³-hybridized carbons (Fsp3) is 0. The Morgan fingerprint density at radius 2 is 0.714 bits per heavy atom. The molecule has 0 atom stereocenters. The predicted octanol–water partition coefficient (Wildman–Crippen LogP) is -6.18. The van der Waals surface area contributed by atoms with Gasteiger partial charge in [-0.05, 0) is 0 Å². The van der Waals surface area contributed by atoms with Crippen molar-refractivity contribution >= 4 is 0 Å². The molecule has 0 aliphatic carbocycles. The third-order valence-corrected chi connectivity index (χ3v) is 1.11. The molecule has 2 aromatic rings. The Hall–Kier alpha value is 0.310. The molecule has 0 bridgehead atoms. The fourth-order valence-electron chi connectivity index (χ4n) is 0.642. The van der Waals surface area contributed by atoms with Crippen LogP contribution in [0.5, 0.6) is 0 Å². The van der Waals surface area contributed by atoms with Crippen molar-refractivity contribution in [2.45, 2.75) is 0 Å². The zero-order valence-corrected chi connectivity index (χ0v) is 11.8. The first kappa shape index (κ1) is 23.8. The van der Waals surface area contributed by atoms with Gasteiger partial charge in [-0.25, -0.2) is 24.3 Å². The summed E-state index contributed by atoms with van der Waals surface area (Å²) in [5.41, 5.74) is 0. The van der Waals surface area contributed by atoms with Crippen LogP contribution >= 0.6 is 0 Å². The van der Waals surface area contributed by atoms with E-state index in [2.05, 4.69) is 0 Å². The minimum atomic E-state index is 0.